The lowest BCUT2D eigenvalue weighted by Crippen LogP contribution is -1.83. The zero-order valence-corrected chi connectivity index (χ0v) is 7.83. The fourth-order valence-electron chi connectivity index (χ4n) is 0.258. The molecule has 0 saturated carbocycles. The summed E-state index contributed by atoms with van der Waals surface area (Å²) in [5, 5.41) is 0.231. The van der Waals surface area contributed by atoms with Crippen molar-refractivity contribution in [1.82, 2.24) is 15.0 Å². The number of hydrogen-bond acceptors (Lipinski definition) is 4. The molecule has 0 aliphatic rings. The lowest BCUT2D eigenvalue weighted by atomic mass is 11.1. The molecule has 6 nitrogen and oxygen atoms in total. The molecule has 0 aliphatic heterocycles. The molecule has 1 aromatic heterocycles. The molecule has 0 fully saturated rings. The maximum absolute atomic E-state index is 8.70. The van der Waals surface area contributed by atoms with E-state index in [1.54, 1.807) is 0 Å². The molecular weight excluding hydrogens is 228 g/mol. The van der Waals surface area contributed by atoms with Gasteiger partial charge < -0.3 is 0 Å². The average Bonchev–Trinajstić information content (AvgIpc) is 1.84. The molecule has 0 aromatic carbocycles. The second-order valence-electron chi connectivity index (χ2n) is 1.28. The van der Waals surface area contributed by atoms with E-state index in [4.69, 9.17) is 37.6 Å². The fourth-order valence-corrected chi connectivity index (χ4v) is 0.549. The molecular formula is C3H3Cl2N3O3P+. The quantitative estimate of drug-likeness (QED) is 0.641. The van der Waals surface area contributed by atoms with E-state index in [0.29, 0.717) is 0 Å². The van der Waals surface area contributed by atoms with E-state index in [0.717, 1.165) is 0 Å². The van der Waals surface area contributed by atoms with Crippen LogP contribution in [0.2, 0.25) is 10.6 Å². The molecule has 1 rings (SSSR count). The average molecular weight is 231 g/mol. The van der Waals surface area contributed by atoms with Crippen molar-refractivity contribution in [3.8, 4) is 0 Å². The predicted molar refractivity (Wildman–Crippen MR) is 41.9 cm³/mol. The highest BCUT2D eigenvalue weighted by molar-refractivity contribution is 7.30. The van der Waals surface area contributed by atoms with Crippen LogP contribution in [0, 0.1) is 0 Å². The summed E-state index contributed by atoms with van der Waals surface area (Å²) in [4.78, 5) is 24.7. The minimum atomic E-state index is -2.87. The van der Waals surface area contributed by atoms with Crippen LogP contribution < -0.4 is 0 Å². The van der Waals surface area contributed by atoms with Crippen LogP contribution >= 0.6 is 31.5 Å². The number of rotatable bonds is 0. The summed E-state index contributed by atoms with van der Waals surface area (Å²) in [6.07, 6.45) is 1.25. The molecule has 0 radical (unpaired) electrons. The summed E-state index contributed by atoms with van der Waals surface area (Å²) >= 11 is 10.6. The molecule has 0 aliphatic carbocycles. The fraction of sp³-hybridized carbons (Fsp3) is 0. The molecule has 1 heterocycles. The molecule has 0 atom stereocenters. The first-order valence-electron chi connectivity index (χ1n) is 2.37. The van der Waals surface area contributed by atoms with E-state index in [1.807, 2.05) is 0 Å². The second kappa shape index (κ2) is 6.16. The highest BCUT2D eigenvalue weighted by Gasteiger charge is 1.93. The maximum atomic E-state index is 8.70. The molecule has 2 N–H and O–H groups in total. The molecule has 66 valence electrons. The van der Waals surface area contributed by atoms with Crippen molar-refractivity contribution >= 4 is 31.5 Å². The Bertz CT molecular complexity index is 251. The Morgan fingerprint density at radius 3 is 1.75 bits per heavy atom. The van der Waals surface area contributed by atoms with Gasteiger partial charge in [-0.05, 0) is 23.2 Å². The molecule has 1 aromatic rings. The highest BCUT2D eigenvalue weighted by atomic mass is 35.5. The molecule has 12 heavy (non-hydrogen) atoms. The van der Waals surface area contributed by atoms with E-state index in [9.17, 15) is 0 Å². The van der Waals surface area contributed by atoms with Crippen LogP contribution in [0.25, 0.3) is 0 Å². The maximum Gasteiger partial charge on any atom is 0.692 e. The SMILES string of the molecule is Clc1ncnc(Cl)n1.O=[P+](O)O. The van der Waals surface area contributed by atoms with Gasteiger partial charge in [-0.25, -0.2) is 9.97 Å². The van der Waals surface area contributed by atoms with Crippen LogP contribution in [0.1, 0.15) is 0 Å². The summed E-state index contributed by atoms with van der Waals surface area (Å²) < 4.78 is 8.70. The molecule has 0 saturated heterocycles. The highest BCUT2D eigenvalue weighted by Crippen LogP contribution is 2.00. The van der Waals surface area contributed by atoms with Gasteiger partial charge in [-0.1, -0.05) is 0 Å². The topological polar surface area (TPSA) is 96.2 Å². The van der Waals surface area contributed by atoms with Gasteiger partial charge in [0, 0.05) is 4.57 Å². The van der Waals surface area contributed by atoms with Crippen molar-refractivity contribution in [1.29, 1.82) is 0 Å². The van der Waals surface area contributed by atoms with Crippen molar-refractivity contribution in [2.75, 3.05) is 0 Å². The van der Waals surface area contributed by atoms with Crippen molar-refractivity contribution in [3.63, 3.8) is 0 Å². The second-order valence-corrected chi connectivity index (χ2v) is 2.46. The van der Waals surface area contributed by atoms with E-state index < -0.39 is 8.25 Å². The van der Waals surface area contributed by atoms with E-state index in [1.165, 1.54) is 6.33 Å². The van der Waals surface area contributed by atoms with Crippen LogP contribution in [0.5, 0.6) is 0 Å². The van der Waals surface area contributed by atoms with Gasteiger partial charge in [0.1, 0.15) is 6.33 Å². The molecule has 0 bridgehead atoms. The van der Waals surface area contributed by atoms with Gasteiger partial charge in [-0.2, -0.15) is 4.98 Å². The lowest BCUT2D eigenvalue weighted by Gasteiger charge is -1.84. The van der Waals surface area contributed by atoms with E-state index in [-0.39, 0.29) is 10.6 Å². The van der Waals surface area contributed by atoms with Crippen LogP contribution in [0.3, 0.4) is 0 Å². The van der Waals surface area contributed by atoms with Gasteiger partial charge in [0.05, 0.1) is 0 Å². The Morgan fingerprint density at radius 2 is 1.58 bits per heavy atom. The van der Waals surface area contributed by atoms with Gasteiger partial charge in [0.2, 0.25) is 10.6 Å². The van der Waals surface area contributed by atoms with Crippen LogP contribution in [0.15, 0.2) is 6.33 Å². The first-order chi connectivity index (χ1) is 5.52. The Balaban J connectivity index is 0.000000261. The third-order valence-electron chi connectivity index (χ3n) is 0.513. The van der Waals surface area contributed by atoms with Gasteiger partial charge in [0.25, 0.3) is 0 Å². The smallest absolute Gasteiger partial charge is 0.206 e. The predicted octanol–water partition coefficient (Wildman–Crippen LogP) is 0.807. The van der Waals surface area contributed by atoms with Crippen LogP contribution in [-0.4, -0.2) is 24.7 Å². The number of hydrogen-bond donors (Lipinski definition) is 2. The van der Waals surface area contributed by atoms with Crippen molar-refractivity contribution in [2.24, 2.45) is 0 Å². The van der Waals surface area contributed by atoms with E-state index in [2.05, 4.69) is 15.0 Å². The minimum absolute atomic E-state index is 0.116. The molecule has 0 unspecified atom stereocenters. The monoisotopic (exact) mass is 230 g/mol. The van der Waals surface area contributed by atoms with Gasteiger partial charge >= 0.3 is 8.25 Å². The van der Waals surface area contributed by atoms with Crippen molar-refractivity contribution in [3.05, 3.63) is 16.9 Å². The van der Waals surface area contributed by atoms with Gasteiger partial charge in [-0.15, -0.1) is 9.79 Å². The van der Waals surface area contributed by atoms with Crippen molar-refractivity contribution in [2.45, 2.75) is 0 Å². The Hall–Kier alpha value is -0.390. The lowest BCUT2D eigenvalue weighted by molar-refractivity contribution is 0.405. The molecule has 9 heteroatoms. The third-order valence-corrected chi connectivity index (χ3v) is 0.877. The Morgan fingerprint density at radius 1 is 1.25 bits per heavy atom. The minimum Gasteiger partial charge on any atom is -0.206 e. The van der Waals surface area contributed by atoms with Gasteiger partial charge in [-0.3, -0.25) is 0 Å². The van der Waals surface area contributed by atoms with Crippen molar-refractivity contribution < 1.29 is 14.4 Å². The molecule has 0 spiro atoms. The normalized spacial score (nSPS) is 8.33. The third kappa shape index (κ3) is 7.71. The summed E-state index contributed by atoms with van der Waals surface area (Å²) in [5.74, 6) is 0. The number of nitrogens with zero attached hydrogens (tertiary/aromatic N) is 3. The first-order valence-corrected chi connectivity index (χ1v) is 4.29. The van der Waals surface area contributed by atoms with Gasteiger partial charge in [0.15, 0.2) is 0 Å². The molecule has 0 amide bonds. The summed E-state index contributed by atoms with van der Waals surface area (Å²) in [7, 11) is -2.87. The standard InChI is InChI=1S/C3HCl2N3.HO3P/c4-2-6-1-7-3(5)8-2;1-4(2)3/h1H;(H-,1,2,3)/p+1. The first kappa shape index (κ1) is 11.6. The summed E-state index contributed by atoms with van der Waals surface area (Å²) in [5.41, 5.74) is 0. The van der Waals surface area contributed by atoms with E-state index >= 15 is 0 Å². The zero-order chi connectivity index (χ0) is 9.56. The summed E-state index contributed by atoms with van der Waals surface area (Å²) in [6.45, 7) is 0. The Kier molecular flexibility index (Phi) is 5.96. The van der Waals surface area contributed by atoms with Crippen LogP contribution in [0.4, 0.5) is 0 Å². The number of aromatic nitrogens is 3. The van der Waals surface area contributed by atoms with Crippen LogP contribution in [-0.2, 0) is 4.57 Å². The summed E-state index contributed by atoms with van der Waals surface area (Å²) in [6, 6.07) is 0. The zero-order valence-electron chi connectivity index (χ0n) is 5.42. The number of halogens is 2. The Labute approximate surface area is 78.2 Å². The largest absolute Gasteiger partial charge is 0.692 e.